The van der Waals surface area contributed by atoms with E-state index in [4.69, 9.17) is 14.5 Å². The third-order valence-electron chi connectivity index (χ3n) is 7.06. The van der Waals surface area contributed by atoms with Crippen LogP contribution in [0.4, 0.5) is 5.69 Å². The molecule has 0 saturated carbocycles. The van der Waals surface area contributed by atoms with Gasteiger partial charge in [-0.2, -0.15) is 0 Å². The largest absolute Gasteiger partial charge is 0.353 e. The zero-order valence-electron chi connectivity index (χ0n) is 20.8. The number of rotatable bonds is 6. The molecular formula is C30H27N3O5. The lowest BCUT2D eigenvalue weighted by Crippen LogP contribution is -2.50. The van der Waals surface area contributed by atoms with Crippen LogP contribution in [0.15, 0.2) is 83.9 Å². The first-order valence-corrected chi connectivity index (χ1v) is 12.9. The third kappa shape index (κ3) is 4.31. The molecule has 0 aliphatic carbocycles. The van der Waals surface area contributed by atoms with Gasteiger partial charge in [-0.3, -0.25) is 14.4 Å². The summed E-state index contributed by atoms with van der Waals surface area (Å²) in [4.78, 5) is 48.4. The number of ether oxygens (including phenoxy) is 2. The van der Waals surface area contributed by atoms with Crippen molar-refractivity contribution in [2.24, 2.45) is 4.99 Å². The maximum Gasteiger partial charge on any atom is 0.273 e. The number of nitrogens with zero attached hydrogens (tertiary/aromatic N) is 3. The third-order valence-corrected chi connectivity index (χ3v) is 7.06. The van der Waals surface area contributed by atoms with Gasteiger partial charge in [-0.05, 0) is 37.5 Å². The first-order chi connectivity index (χ1) is 18.6. The Hall–Kier alpha value is -4.14. The molecule has 2 atom stereocenters. The number of hydrogen-bond donors (Lipinski definition) is 0. The summed E-state index contributed by atoms with van der Waals surface area (Å²) in [7, 11) is 0. The number of para-hydroxylation sites is 1. The fourth-order valence-electron chi connectivity index (χ4n) is 5.19. The Balaban J connectivity index is 1.41. The molecule has 8 nitrogen and oxygen atoms in total. The minimum Gasteiger partial charge on any atom is -0.353 e. The SMILES string of the molecule is O=C1C(N2C(=O)c3ccccc3C2=O)N=C(c2ccccc2)c2ccccc2N1CCOC1CCCCO1. The van der Waals surface area contributed by atoms with Crippen LogP contribution in [0.25, 0.3) is 0 Å². The quantitative estimate of drug-likeness (QED) is 0.468. The summed E-state index contributed by atoms with van der Waals surface area (Å²) < 4.78 is 11.6. The van der Waals surface area contributed by atoms with Crippen LogP contribution in [0.2, 0.25) is 0 Å². The molecule has 3 aliphatic rings. The van der Waals surface area contributed by atoms with Crippen LogP contribution in [0.1, 0.15) is 51.1 Å². The van der Waals surface area contributed by atoms with Crippen LogP contribution in [0.5, 0.6) is 0 Å². The Labute approximate surface area is 220 Å². The molecule has 8 heteroatoms. The Morgan fingerprint density at radius 1 is 0.816 bits per heavy atom. The molecule has 0 spiro atoms. The molecule has 1 fully saturated rings. The van der Waals surface area contributed by atoms with Gasteiger partial charge in [0.2, 0.25) is 6.17 Å². The van der Waals surface area contributed by atoms with Gasteiger partial charge in [-0.25, -0.2) is 9.89 Å². The average Bonchev–Trinajstić information content (AvgIpc) is 3.15. The predicted octanol–water partition coefficient (Wildman–Crippen LogP) is 4.04. The van der Waals surface area contributed by atoms with E-state index in [0.717, 1.165) is 35.3 Å². The van der Waals surface area contributed by atoms with Crippen LogP contribution in [-0.2, 0) is 14.3 Å². The van der Waals surface area contributed by atoms with E-state index in [0.29, 0.717) is 18.0 Å². The summed E-state index contributed by atoms with van der Waals surface area (Å²) in [5.74, 6) is -1.53. The number of aliphatic imine (C=N–C) groups is 1. The Kier molecular flexibility index (Phi) is 6.57. The molecule has 3 amide bonds. The first-order valence-electron chi connectivity index (χ1n) is 12.9. The molecule has 3 aliphatic heterocycles. The second-order valence-corrected chi connectivity index (χ2v) is 9.42. The predicted molar refractivity (Wildman–Crippen MR) is 141 cm³/mol. The van der Waals surface area contributed by atoms with Crippen molar-refractivity contribution in [3.63, 3.8) is 0 Å². The fourth-order valence-corrected chi connectivity index (χ4v) is 5.19. The summed E-state index contributed by atoms with van der Waals surface area (Å²) in [6.45, 7) is 1.11. The summed E-state index contributed by atoms with van der Waals surface area (Å²) in [6.07, 6.45) is 1.19. The second kappa shape index (κ2) is 10.3. The Bertz CT molecular complexity index is 1380. The highest BCUT2D eigenvalue weighted by Gasteiger charge is 2.45. The molecule has 192 valence electrons. The number of imide groups is 1. The van der Waals surface area contributed by atoms with E-state index in [1.807, 2.05) is 54.6 Å². The number of hydrogen-bond acceptors (Lipinski definition) is 6. The van der Waals surface area contributed by atoms with Gasteiger partial charge in [0.05, 0.1) is 29.1 Å². The van der Waals surface area contributed by atoms with E-state index in [-0.39, 0.29) is 30.6 Å². The molecule has 3 aromatic carbocycles. The number of amides is 3. The number of carbonyl (C=O) groups is 3. The lowest BCUT2D eigenvalue weighted by Gasteiger charge is -2.29. The molecule has 0 N–H and O–H groups in total. The normalized spacial score (nSPS) is 21.2. The van der Waals surface area contributed by atoms with E-state index < -0.39 is 23.9 Å². The lowest BCUT2D eigenvalue weighted by atomic mass is 10.0. The van der Waals surface area contributed by atoms with Gasteiger partial charge in [0.25, 0.3) is 17.7 Å². The highest BCUT2D eigenvalue weighted by atomic mass is 16.7. The summed E-state index contributed by atoms with van der Waals surface area (Å²) in [5.41, 5.74) is 3.24. The van der Waals surface area contributed by atoms with Crippen molar-refractivity contribution in [3.8, 4) is 0 Å². The maximum absolute atomic E-state index is 14.2. The summed E-state index contributed by atoms with van der Waals surface area (Å²) in [5, 5.41) is 0. The molecule has 0 radical (unpaired) electrons. The fraction of sp³-hybridized carbons (Fsp3) is 0.267. The van der Waals surface area contributed by atoms with Crippen molar-refractivity contribution in [2.75, 3.05) is 24.7 Å². The van der Waals surface area contributed by atoms with Crippen molar-refractivity contribution in [1.82, 2.24) is 4.90 Å². The number of anilines is 1. The van der Waals surface area contributed by atoms with Gasteiger partial charge >= 0.3 is 0 Å². The van der Waals surface area contributed by atoms with Gasteiger partial charge in [0.15, 0.2) is 6.29 Å². The summed E-state index contributed by atoms with van der Waals surface area (Å²) >= 11 is 0. The highest BCUT2D eigenvalue weighted by molar-refractivity contribution is 6.25. The number of carbonyl (C=O) groups excluding carboxylic acids is 3. The van der Waals surface area contributed by atoms with E-state index in [1.165, 1.54) is 0 Å². The van der Waals surface area contributed by atoms with Crippen LogP contribution >= 0.6 is 0 Å². The van der Waals surface area contributed by atoms with Crippen molar-refractivity contribution in [2.45, 2.75) is 31.7 Å². The van der Waals surface area contributed by atoms with E-state index in [1.54, 1.807) is 29.2 Å². The monoisotopic (exact) mass is 509 g/mol. The maximum atomic E-state index is 14.2. The molecule has 38 heavy (non-hydrogen) atoms. The smallest absolute Gasteiger partial charge is 0.273 e. The lowest BCUT2D eigenvalue weighted by molar-refractivity contribution is -0.161. The topological polar surface area (TPSA) is 88.5 Å². The van der Waals surface area contributed by atoms with Crippen LogP contribution < -0.4 is 4.90 Å². The van der Waals surface area contributed by atoms with Crippen LogP contribution in [0, 0.1) is 0 Å². The van der Waals surface area contributed by atoms with Gasteiger partial charge in [-0.1, -0.05) is 60.7 Å². The van der Waals surface area contributed by atoms with Gasteiger partial charge in [0, 0.05) is 24.3 Å². The van der Waals surface area contributed by atoms with Crippen LogP contribution in [0.3, 0.4) is 0 Å². The standard InChI is InChI=1S/C30H27N3O5/c34-28-21-12-4-5-13-22(21)29(35)33(28)27-30(36)32(17-19-38-25-16-8-9-18-37-25)24-15-7-6-14-23(24)26(31-27)20-10-2-1-3-11-20/h1-7,10-15,25,27H,8-9,16-19H2. The van der Waals surface area contributed by atoms with Crippen molar-refractivity contribution in [3.05, 3.63) is 101 Å². The van der Waals surface area contributed by atoms with E-state index >= 15 is 0 Å². The number of benzene rings is 3. The Morgan fingerprint density at radius 2 is 1.47 bits per heavy atom. The van der Waals surface area contributed by atoms with E-state index in [9.17, 15) is 14.4 Å². The zero-order chi connectivity index (χ0) is 26.1. The molecule has 1 saturated heterocycles. The van der Waals surface area contributed by atoms with Crippen molar-refractivity contribution in [1.29, 1.82) is 0 Å². The van der Waals surface area contributed by atoms with Gasteiger partial charge in [0.1, 0.15) is 0 Å². The molecule has 0 aromatic heterocycles. The average molecular weight is 510 g/mol. The molecule has 6 rings (SSSR count). The molecule has 0 bridgehead atoms. The minimum atomic E-state index is -1.36. The molecule has 3 aromatic rings. The van der Waals surface area contributed by atoms with Crippen molar-refractivity contribution < 1.29 is 23.9 Å². The minimum absolute atomic E-state index is 0.215. The Morgan fingerprint density at radius 3 is 2.16 bits per heavy atom. The first kappa shape index (κ1) is 24.2. The van der Waals surface area contributed by atoms with E-state index in [2.05, 4.69) is 0 Å². The van der Waals surface area contributed by atoms with Gasteiger partial charge in [-0.15, -0.1) is 0 Å². The second-order valence-electron chi connectivity index (χ2n) is 9.42. The number of benzodiazepines with no additional fused rings is 1. The number of fused-ring (bicyclic) bond motifs is 2. The van der Waals surface area contributed by atoms with Gasteiger partial charge < -0.3 is 14.4 Å². The molecule has 3 heterocycles. The van der Waals surface area contributed by atoms with Crippen molar-refractivity contribution >= 4 is 29.1 Å². The zero-order valence-corrected chi connectivity index (χ0v) is 20.8. The summed E-state index contributed by atoms with van der Waals surface area (Å²) in [6, 6.07) is 23.6. The molecular weight excluding hydrogens is 482 g/mol. The highest BCUT2D eigenvalue weighted by Crippen LogP contribution is 2.32. The molecule has 2 unspecified atom stereocenters. The van der Waals surface area contributed by atoms with Crippen LogP contribution in [-0.4, -0.2) is 60.5 Å².